The number of rotatable bonds is 1. The molecule has 86 valence electrons. The first-order valence-electron chi connectivity index (χ1n) is 5.09. The van der Waals surface area contributed by atoms with Crippen molar-refractivity contribution in [2.75, 3.05) is 24.7 Å². The Bertz CT molecular complexity index is 408. The zero-order chi connectivity index (χ0) is 11.5. The minimum absolute atomic E-state index is 0.292. The average molecular weight is 225 g/mol. The fourth-order valence-corrected chi connectivity index (χ4v) is 1.58. The molecule has 0 spiro atoms. The molecule has 0 N–H and O–H groups in total. The summed E-state index contributed by atoms with van der Waals surface area (Å²) in [5.41, 5.74) is 0.421. The molecular formula is C11H12FNO3. The van der Waals surface area contributed by atoms with Gasteiger partial charge in [0, 0.05) is 6.07 Å². The summed E-state index contributed by atoms with van der Waals surface area (Å²) in [6.45, 7) is 2.78. The van der Waals surface area contributed by atoms with E-state index in [4.69, 9.17) is 9.47 Å². The van der Waals surface area contributed by atoms with E-state index >= 15 is 0 Å². The largest absolute Gasteiger partial charge is 0.490 e. The van der Waals surface area contributed by atoms with E-state index < -0.39 is 11.9 Å². The van der Waals surface area contributed by atoms with Gasteiger partial charge in [0.05, 0.1) is 18.8 Å². The molecule has 0 bridgehead atoms. The maximum Gasteiger partial charge on any atom is 0.414 e. The lowest BCUT2D eigenvalue weighted by atomic mass is 10.2. The molecule has 1 amide bonds. The van der Waals surface area contributed by atoms with E-state index in [1.54, 1.807) is 6.92 Å². The van der Waals surface area contributed by atoms with Gasteiger partial charge in [-0.25, -0.2) is 9.18 Å². The van der Waals surface area contributed by atoms with Gasteiger partial charge in [0.1, 0.15) is 18.2 Å². The topological polar surface area (TPSA) is 38.8 Å². The van der Waals surface area contributed by atoms with Gasteiger partial charge in [0.25, 0.3) is 0 Å². The standard InChI is InChI=1S/C11H12FNO3/c1-2-15-11(14)13-5-6-16-10-4-3-8(12)7-9(10)13/h3-4,7H,2,5-6H2,1H3. The molecule has 1 aromatic rings. The molecule has 0 saturated carbocycles. The molecule has 0 unspecified atom stereocenters. The van der Waals surface area contributed by atoms with E-state index in [2.05, 4.69) is 0 Å². The molecule has 5 heteroatoms. The van der Waals surface area contributed by atoms with Gasteiger partial charge in [-0.2, -0.15) is 0 Å². The second-order valence-electron chi connectivity index (χ2n) is 3.31. The highest BCUT2D eigenvalue weighted by atomic mass is 19.1. The van der Waals surface area contributed by atoms with Gasteiger partial charge in [-0.1, -0.05) is 0 Å². The quantitative estimate of drug-likeness (QED) is 0.735. The van der Waals surface area contributed by atoms with Gasteiger partial charge in [0.2, 0.25) is 0 Å². The number of halogens is 1. The maximum atomic E-state index is 13.1. The van der Waals surface area contributed by atoms with Crippen LogP contribution in [0.15, 0.2) is 18.2 Å². The van der Waals surface area contributed by atoms with Crippen molar-refractivity contribution in [2.45, 2.75) is 6.92 Å². The van der Waals surface area contributed by atoms with Crippen molar-refractivity contribution in [3.05, 3.63) is 24.0 Å². The highest BCUT2D eigenvalue weighted by molar-refractivity contribution is 5.90. The van der Waals surface area contributed by atoms with E-state index in [9.17, 15) is 9.18 Å². The Morgan fingerprint density at radius 2 is 2.44 bits per heavy atom. The predicted octanol–water partition coefficient (Wildman–Crippen LogP) is 2.18. The van der Waals surface area contributed by atoms with Crippen LogP contribution in [0.25, 0.3) is 0 Å². The maximum absolute atomic E-state index is 13.1. The number of ether oxygens (including phenoxy) is 2. The van der Waals surface area contributed by atoms with Crippen molar-refractivity contribution in [3.63, 3.8) is 0 Å². The van der Waals surface area contributed by atoms with Crippen LogP contribution in [-0.4, -0.2) is 25.9 Å². The Hall–Kier alpha value is -1.78. The molecule has 0 saturated heterocycles. The second kappa shape index (κ2) is 4.38. The molecule has 16 heavy (non-hydrogen) atoms. The molecular weight excluding hydrogens is 213 g/mol. The zero-order valence-corrected chi connectivity index (χ0v) is 8.90. The predicted molar refractivity (Wildman–Crippen MR) is 56.3 cm³/mol. The third-order valence-corrected chi connectivity index (χ3v) is 2.27. The smallest absolute Gasteiger partial charge is 0.414 e. The van der Waals surface area contributed by atoms with Crippen LogP contribution in [0.4, 0.5) is 14.9 Å². The van der Waals surface area contributed by atoms with Gasteiger partial charge >= 0.3 is 6.09 Å². The van der Waals surface area contributed by atoms with Crippen LogP contribution >= 0.6 is 0 Å². The molecule has 0 fully saturated rings. The Balaban J connectivity index is 2.31. The lowest BCUT2D eigenvalue weighted by Crippen LogP contribution is -2.38. The zero-order valence-electron chi connectivity index (χ0n) is 8.90. The normalized spacial score (nSPS) is 14.0. The lowest BCUT2D eigenvalue weighted by Gasteiger charge is -2.28. The number of carbonyl (C=O) groups is 1. The minimum Gasteiger partial charge on any atom is -0.490 e. The van der Waals surface area contributed by atoms with Crippen LogP contribution in [0.1, 0.15) is 6.92 Å². The number of carbonyl (C=O) groups excluding carboxylic acids is 1. The van der Waals surface area contributed by atoms with Crippen molar-refractivity contribution in [1.29, 1.82) is 0 Å². The van der Waals surface area contributed by atoms with Gasteiger partial charge in [-0.3, -0.25) is 4.90 Å². The number of hydrogen-bond acceptors (Lipinski definition) is 3. The van der Waals surface area contributed by atoms with Crippen molar-refractivity contribution >= 4 is 11.8 Å². The summed E-state index contributed by atoms with van der Waals surface area (Å²) >= 11 is 0. The molecule has 0 aliphatic carbocycles. The van der Waals surface area contributed by atoms with Crippen molar-refractivity contribution in [3.8, 4) is 5.75 Å². The number of fused-ring (bicyclic) bond motifs is 1. The van der Waals surface area contributed by atoms with Crippen molar-refractivity contribution in [2.24, 2.45) is 0 Å². The molecule has 0 atom stereocenters. The first-order chi connectivity index (χ1) is 7.72. The summed E-state index contributed by atoms with van der Waals surface area (Å²) in [4.78, 5) is 13.0. The van der Waals surface area contributed by atoms with E-state index in [0.717, 1.165) is 0 Å². The van der Waals surface area contributed by atoms with Crippen LogP contribution in [0.5, 0.6) is 5.75 Å². The molecule has 1 aliphatic heterocycles. The summed E-state index contributed by atoms with van der Waals surface area (Å²) in [6.07, 6.45) is -0.474. The summed E-state index contributed by atoms with van der Waals surface area (Å²) in [5, 5.41) is 0. The first-order valence-corrected chi connectivity index (χ1v) is 5.09. The molecule has 1 heterocycles. The van der Waals surface area contributed by atoms with E-state index in [0.29, 0.717) is 31.2 Å². The van der Waals surface area contributed by atoms with Gasteiger partial charge in [0.15, 0.2) is 0 Å². The fraction of sp³-hybridized carbons (Fsp3) is 0.364. The highest BCUT2D eigenvalue weighted by Gasteiger charge is 2.24. The van der Waals surface area contributed by atoms with Gasteiger partial charge < -0.3 is 9.47 Å². The van der Waals surface area contributed by atoms with Crippen LogP contribution in [0, 0.1) is 5.82 Å². The summed E-state index contributed by atoms with van der Waals surface area (Å²) < 4.78 is 23.3. The monoisotopic (exact) mass is 225 g/mol. The van der Waals surface area contributed by atoms with Crippen LogP contribution in [0.2, 0.25) is 0 Å². The Labute approximate surface area is 92.6 Å². The summed E-state index contributed by atoms with van der Waals surface area (Å²) in [5.74, 6) is 0.0965. The second-order valence-corrected chi connectivity index (χ2v) is 3.31. The van der Waals surface area contributed by atoms with Gasteiger partial charge in [-0.05, 0) is 19.1 Å². The molecule has 0 aromatic heterocycles. The van der Waals surface area contributed by atoms with E-state index in [-0.39, 0.29) is 0 Å². The number of amides is 1. The minimum atomic E-state index is -0.474. The van der Waals surface area contributed by atoms with Crippen LogP contribution in [0.3, 0.4) is 0 Å². The number of benzene rings is 1. The number of hydrogen-bond donors (Lipinski definition) is 0. The Morgan fingerprint density at radius 1 is 1.62 bits per heavy atom. The fourth-order valence-electron chi connectivity index (χ4n) is 1.58. The van der Waals surface area contributed by atoms with Crippen LogP contribution < -0.4 is 9.64 Å². The molecule has 0 radical (unpaired) electrons. The third kappa shape index (κ3) is 1.93. The third-order valence-electron chi connectivity index (χ3n) is 2.27. The molecule has 1 aromatic carbocycles. The number of nitrogens with zero attached hydrogens (tertiary/aromatic N) is 1. The van der Waals surface area contributed by atoms with Crippen molar-refractivity contribution < 1.29 is 18.7 Å². The van der Waals surface area contributed by atoms with Crippen molar-refractivity contribution in [1.82, 2.24) is 0 Å². The van der Waals surface area contributed by atoms with E-state index in [1.807, 2.05) is 0 Å². The molecule has 4 nitrogen and oxygen atoms in total. The highest BCUT2D eigenvalue weighted by Crippen LogP contribution is 2.32. The van der Waals surface area contributed by atoms with E-state index in [1.165, 1.54) is 23.1 Å². The summed E-state index contributed by atoms with van der Waals surface area (Å²) in [6, 6.07) is 4.08. The molecule has 1 aliphatic rings. The lowest BCUT2D eigenvalue weighted by molar-refractivity contribution is 0.156. The Kier molecular flexibility index (Phi) is 2.94. The number of anilines is 1. The SMILES string of the molecule is CCOC(=O)N1CCOc2ccc(F)cc21. The average Bonchev–Trinajstić information content (AvgIpc) is 2.28. The first kappa shape index (κ1) is 10.7. The Morgan fingerprint density at radius 3 is 3.19 bits per heavy atom. The summed E-state index contributed by atoms with van der Waals surface area (Å²) in [7, 11) is 0. The molecule has 2 rings (SSSR count). The van der Waals surface area contributed by atoms with Crippen LogP contribution in [-0.2, 0) is 4.74 Å². The van der Waals surface area contributed by atoms with Gasteiger partial charge in [-0.15, -0.1) is 0 Å².